The summed E-state index contributed by atoms with van der Waals surface area (Å²) in [6.07, 6.45) is 4.15. The molecule has 4 nitrogen and oxygen atoms in total. The summed E-state index contributed by atoms with van der Waals surface area (Å²) in [6.45, 7) is 12.0. The van der Waals surface area contributed by atoms with Gasteiger partial charge in [0.2, 0.25) is 0 Å². The van der Waals surface area contributed by atoms with Crippen molar-refractivity contribution < 1.29 is 14.6 Å². The monoisotopic (exact) mass is 345 g/mol. The third kappa shape index (κ3) is 7.92. The largest absolute Gasteiger partial charge is 0.512 e. The van der Waals surface area contributed by atoms with Crippen LogP contribution in [0.15, 0.2) is 42.2 Å². The summed E-state index contributed by atoms with van der Waals surface area (Å²) in [4.78, 5) is 11.8. The number of rotatable bonds is 6. The molecule has 0 spiro atoms. The van der Waals surface area contributed by atoms with Crippen molar-refractivity contribution >= 4 is 11.7 Å². The smallest absolute Gasteiger partial charge is 0.407 e. The SMILES string of the molecule is CC/C(O)=C(\C=C/C(C)C)c1cccc(CNC(=O)OC(C)(C)C)c1. The fourth-order valence-corrected chi connectivity index (χ4v) is 2.18. The Balaban J connectivity index is 2.93. The maximum atomic E-state index is 11.8. The number of ether oxygens (including phenoxy) is 1. The number of nitrogens with one attached hydrogen (secondary N) is 1. The minimum atomic E-state index is -0.517. The summed E-state index contributed by atoms with van der Waals surface area (Å²) >= 11 is 0. The maximum Gasteiger partial charge on any atom is 0.407 e. The summed E-state index contributed by atoms with van der Waals surface area (Å²) in [5, 5.41) is 13.0. The summed E-state index contributed by atoms with van der Waals surface area (Å²) in [6, 6.07) is 7.80. The lowest BCUT2D eigenvalue weighted by atomic mass is 9.99. The van der Waals surface area contributed by atoms with Crippen molar-refractivity contribution in [1.82, 2.24) is 5.32 Å². The molecule has 0 aliphatic rings. The molecule has 1 rings (SSSR count). The number of allylic oxidation sites excluding steroid dienone is 4. The first kappa shape index (κ1) is 20.8. The van der Waals surface area contributed by atoms with Gasteiger partial charge < -0.3 is 15.2 Å². The third-order valence-electron chi connectivity index (χ3n) is 3.37. The van der Waals surface area contributed by atoms with Crippen molar-refractivity contribution in [2.24, 2.45) is 5.92 Å². The van der Waals surface area contributed by atoms with Gasteiger partial charge in [0.05, 0.1) is 5.76 Å². The van der Waals surface area contributed by atoms with E-state index in [2.05, 4.69) is 25.2 Å². The van der Waals surface area contributed by atoms with Crippen LogP contribution in [0.25, 0.3) is 5.57 Å². The predicted octanol–water partition coefficient (Wildman–Crippen LogP) is 5.60. The average molecular weight is 345 g/mol. The Labute approximate surface area is 151 Å². The van der Waals surface area contributed by atoms with Gasteiger partial charge in [-0.05, 0) is 43.9 Å². The Morgan fingerprint density at radius 1 is 1.32 bits per heavy atom. The standard InChI is InChI=1S/C21H31NO3/c1-7-19(23)18(12-11-15(2)3)17-10-8-9-16(13-17)14-22-20(24)25-21(4,5)6/h8-13,15,23H,7,14H2,1-6H3,(H,22,24)/b12-11-,19-18-. The highest BCUT2D eigenvalue weighted by molar-refractivity contribution is 5.76. The molecule has 0 aromatic heterocycles. The van der Waals surface area contributed by atoms with Crippen LogP contribution in [0.5, 0.6) is 0 Å². The molecule has 1 aromatic carbocycles. The summed E-state index contributed by atoms with van der Waals surface area (Å²) in [7, 11) is 0. The van der Waals surface area contributed by atoms with Crippen molar-refractivity contribution in [1.29, 1.82) is 0 Å². The van der Waals surface area contributed by atoms with Crippen molar-refractivity contribution in [2.45, 2.75) is 60.1 Å². The van der Waals surface area contributed by atoms with Gasteiger partial charge in [-0.2, -0.15) is 0 Å². The molecule has 0 saturated heterocycles. The van der Waals surface area contributed by atoms with E-state index in [4.69, 9.17) is 4.74 Å². The van der Waals surface area contributed by atoms with Crippen LogP contribution in [0.1, 0.15) is 59.1 Å². The summed E-state index contributed by atoms with van der Waals surface area (Å²) in [5.41, 5.74) is 2.17. The zero-order valence-electron chi connectivity index (χ0n) is 16.2. The molecule has 0 saturated carbocycles. The second-order valence-corrected chi connectivity index (χ2v) is 7.37. The highest BCUT2D eigenvalue weighted by Crippen LogP contribution is 2.23. The number of hydrogen-bond donors (Lipinski definition) is 2. The van der Waals surface area contributed by atoms with E-state index < -0.39 is 11.7 Å². The number of hydrogen-bond acceptors (Lipinski definition) is 3. The van der Waals surface area contributed by atoms with Gasteiger partial charge in [-0.25, -0.2) is 4.79 Å². The third-order valence-corrected chi connectivity index (χ3v) is 3.37. The zero-order chi connectivity index (χ0) is 19.0. The molecule has 1 amide bonds. The molecule has 1 aromatic rings. The molecule has 4 heteroatoms. The van der Waals surface area contributed by atoms with Gasteiger partial charge in [0.1, 0.15) is 5.60 Å². The van der Waals surface area contributed by atoms with Crippen LogP contribution in [0.2, 0.25) is 0 Å². The normalized spacial score (nSPS) is 13.1. The van der Waals surface area contributed by atoms with Crippen LogP contribution in [0.4, 0.5) is 4.79 Å². The second kappa shape index (κ2) is 9.30. The molecule has 0 unspecified atom stereocenters. The zero-order valence-corrected chi connectivity index (χ0v) is 16.2. The topological polar surface area (TPSA) is 58.6 Å². The summed E-state index contributed by atoms with van der Waals surface area (Å²) in [5.74, 6) is 0.755. The van der Waals surface area contributed by atoms with Crippen molar-refractivity contribution in [3.8, 4) is 0 Å². The first-order valence-electron chi connectivity index (χ1n) is 8.79. The molecule has 138 valence electrons. The quantitative estimate of drug-likeness (QED) is 0.521. The van der Waals surface area contributed by atoms with Crippen LogP contribution in [0.3, 0.4) is 0 Å². The minimum absolute atomic E-state index is 0.356. The summed E-state index contributed by atoms with van der Waals surface area (Å²) < 4.78 is 5.25. The molecule has 0 bridgehead atoms. The first-order valence-corrected chi connectivity index (χ1v) is 8.79. The van der Waals surface area contributed by atoms with E-state index >= 15 is 0 Å². The highest BCUT2D eigenvalue weighted by atomic mass is 16.6. The number of aliphatic hydroxyl groups excluding tert-OH is 1. The van der Waals surface area contributed by atoms with Gasteiger partial charge in [0.15, 0.2) is 0 Å². The fourth-order valence-electron chi connectivity index (χ4n) is 2.18. The van der Waals surface area contributed by atoms with Gasteiger partial charge >= 0.3 is 6.09 Å². The predicted molar refractivity (Wildman–Crippen MR) is 103 cm³/mol. The van der Waals surface area contributed by atoms with Crippen LogP contribution in [0, 0.1) is 5.92 Å². The molecule has 0 aliphatic heterocycles. The second-order valence-electron chi connectivity index (χ2n) is 7.37. The molecular formula is C21H31NO3. The van der Waals surface area contributed by atoms with Gasteiger partial charge in [-0.3, -0.25) is 0 Å². The van der Waals surface area contributed by atoms with Gasteiger partial charge in [-0.1, -0.05) is 51.1 Å². The van der Waals surface area contributed by atoms with E-state index in [1.165, 1.54) is 0 Å². The first-order chi connectivity index (χ1) is 11.6. The highest BCUT2D eigenvalue weighted by Gasteiger charge is 2.15. The maximum absolute atomic E-state index is 11.8. The molecule has 25 heavy (non-hydrogen) atoms. The van der Waals surface area contributed by atoms with Crippen LogP contribution in [-0.2, 0) is 11.3 Å². The Kier molecular flexibility index (Phi) is 7.75. The van der Waals surface area contributed by atoms with Gasteiger partial charge in [0, 0.05) is 18.5 Å². The Morgan fingerprint density at radius 2 is 2.00 bits per heavy atom. The number of benzene rings is 1. The number of carbonyl (C=O) groups is 1. The lowest BCUT2D eigenvalue weighted by molar-refractivity contribution is 0.0523. The van der Waals surface area contributed by atoms with Crippen molar-refractivity contribution in [2.75, 3.05) is 0 Å². The van der Waals surface area contributed by atoms with E-state index in [1.54, 1.807) is 0 Å². The van der Waals surface area contributed by atoms with E-state index in [0.29, 0.717) is 24.6 Å². The Hall–Kier alpha value is -2.23. The molecule has 0 heterocycles. The van der Waals surface area contributed by atoms with Crippen LogP contribution in [-0.4, -0.2) is 16.8 Å². The van der Waals surface area contributed by atoms with E-state index in [-0.39, 0.29) is 0 Å². The molecule has 0 aliphatic carbocycles. The Morgan fingerprint density at radius 3 is 2.56 bits per heavy atom. The average Bonchev–Trinajstić information content (AvgIpc) is 2.51. The number of amides is 1. The molecule has 0 radical (unpaired) electrons. The molecule has 0 fully saturated rings. The van der Waals surface area contributed by atoms with Gasteiger partial charge in [-0.15, -0.1) is 0 Å². The van der Waals surface area contributed by atoms with Crippen molar-refractivity contribution in [3.63, 3.8) is 0 Å². The lowest BCUT2D eigenvalue weighted by Gasteiger charge is -2.19. The van der Waals surface area contributed by atoms with E-state index in [9.17, 15) is 9.90 Å². The van der Waals surface area contributed by atoms with Crippen LogP contribution < -0.4 is 5.32 Å². The molecule has 0 atom stereocenters. The van der Waals surface area contributed by atoms with Crippen molar-refractivity contribution in [3.05, 3.63) is 53.3 Å². The molecule has 2 N–H and O–H groups in total. The molecular weight excluding hydrogens is 314 g/mol. The van der Waals surface area contributed by atoms with E-state index in [1.807, 2.05) is 58.0 Å². The number of carbonyl (C=O) groups excluding carboxylic acids is 1. The van der Waals surface area contributed by atoms with E-state index in [0.717, 1.165) is 16.7 Å². The Bertz CT molecular complexity index is 637. The van der Waals surface area contributed by atoms with Gasteiger partial charge in [0.25, 0.3) is 0 Å². The minimum Gasteiger partial charge on any atom is -0.512 e. The van der Waals surface area contributed by atoms with Crippen LogP contribution >= 0.6 is 0 Å². The number of aliphatic hydroxyl groups is 1. The number of alkyl carbamates (subject to hydrolysis) is 1. The fraction of sp³-hybridized carbons (Fsp3) is 0.476. The lowest BCUT2D eigenvalue weighted by Crippen LogP contribution is -2.32.